The minimum Gasteiger partial charge on any atom is -0.444 e. The number of rotatable bonds is 1. The molecule has 0 unspecified atom stereocenters. The first-order valence-corrected chi connectivity index (χ1v) is 9.55. The molecule has 3 heterocycles. The largest absolute Gasteiger partial charge is 0.444 e. The van der Waals surface area contributed by atoms with Crippen LogP contribution in [-0.2, 0) is 4.74 Å². The lowest BCUT2D eigenvalue weighted by Gasteiger charge is -2.28. The minimum atomic E-state index is -0.516. The van der Waals surface area contributed by atoms with Crippen LogP contribution in [0, 0.1) is 9.12 Å². The Morgan fingerprint density at radius 3 is 2.80 bits per heavy atom. The SMILES string of the molecule is CC(C)(C)OC(=O)N1CC2(CC2)C[C@H]1c1nc(I)c2c(N)nccn12. The summed E-state index contributed by atoms with van der Waals surface area (Å²) >= 11 is 2.18. The number of amides is 1. The third kappa shape index (κ3) is 2.94. The predicted molar refractivity (Wildman–Crippen MR) is 102 cm³/mol. The van der Waals surface area contributed by atoms with Crippen molar-refractivity contribution in [2.75, 3.05) is 12.3 Å². The molecule has 25 heavy (non-hydrogen) atoms. The van der Waals surface area contributed by atoms with Crippen molar-refractivity contribution in [2.24, 2.45) is 5.41 Å². The molecule has 7 nitrogen and oxygen atoms in total. The number of halogens is 1. The fraction of sp³-hybridized carbons (Fsp3) is 0.588. The predicted octanol–water partition coefficient (Wildman–Crippen LogP) is 3.38. The second kappa shape index (κ2) is 5.46. The van der Waals surface area contributed by atoms with Gasteiger partial charge in [-0.1, -0.05) is 0 Å². The zero-order valence-corrected chi connectivity index (χ0v) is 16.8. The summed E-state index contributed by atoms with van der Waals surface area (Å²) in [7, 11) is 0. The molecule has 0 bridgehead atoms. The van der Waals surface area contributed by atoms with E-state index < -0.39 is 5.60 Å². The lowest BCUT2D eigenvalue weighted by atomic mass is 10.0. The molecular formula is C17H22IN5O2. The molecule has 2 aliphatic rings. The van der Waals surface area contributed by atoms with E-state index in [1.54, 1.807) is 6.20 Å². The molecular weight excluding hydrogens is 433 g/mol. The standard InChI is InChI=1S/C17H22IN5O2/c1-16(2,3)25-15(24)23-9-17(4-5-17)8-10(23)14-21-12(18)11-13(19)20-6-7-22(11)14/h6-7,10H,4-5,8-9H2,1-3H3,(H2,19,20)/t10-/m0/s1. The van der Waals surface area contributed by atoms with Crippen molar-refractivity contribution < 1.29 is 9.53 Å². The Morgan fingerprint density at radius 1 is 1.44 bits per heavy atom. The van der Waals surface area contributed by atoms with Crippen molar-refractivity contribution in [1.82, 2.24) is 19.3 Å². The third-order valence-electron chi connectivity index (χ3n) is 4.96. The highest BCUT2D eigenvalue weighted by Gasteiger charge is 2.55. The Kier molecular flexibility index (Phi) is 3.68. The van der Waals surface area contributed by atoms with Gasteiger partial charge >= 0.3 is 6.09 Å². The molecule has 1 spiro atoms. The number of hydrogen-bond acceptors (Lipinski definition) is 5. The molecule has 0 aromatic carbocycles. The Bertz CT molecular complexity index is 853. The first-order chi connectivity index (χ1) is 11.7. The zero-order valence-electron chi connectivity index (χ0n) is 14.6. The van der Waals surface area contributed by atoms with Crippen LogP contribution in [0.25, 0.3) is 5.52 Å². The molecule has 1 atom stereocenters. The van der Waals surface area contributed by atoms with Gasteiger partial charge in [0.15, 0.2) is 5.82 Å². The highest BCUT2D eigenvalue weighted by molar-refractivity contribution is 14.1. The molecule has 1 amide bonds. The molecule has 8 heteroatoms. The van der Waals surface area contributed by atoms with E-state index in [4.69, 9.17) is 15.5 Å². The van der Waals surface area contributed by atoms with Crippen molar-refractivity contribution >= 4 is 40.0 Å². The summed E-state index contributed by atoms with van der Waals surface area (Å²) in [4.78, 5) is 23.5. The summed E-state index contributed by atoms with van der Waals surface area (Å²) in [5, 5.41) is 0. The van der Waals surface area contributed by atoms with E-state index in [0.29, 0.717) is 5.82 Å². The molecule has 2 aromatic heterocycles. The maximum atomic E-state index is 12.8. The van der Waals surface area contributed by atoms with Gasteiger partial charge in [0.25, 0.3) is 0 Å². The van der Waals surface area contributed by atoms with Crippen LogP contribution in [0.3, 0.4) is 0 Å². The number of carbonyl (C=O) groups excluding carboxylic acids is 1. The minimum absolute atomic E-state index is 0.102. The van der Waals surface area contributed by atoms with E-state index >= 15 is 0 Å². The number of nitrogens with two attached hydrogens (primary N) is 1. The van der Waals surface area contributed by atoms with Crippen LogP contribution >= 0.6 is 22.6 Å². The normalized spacial score (nSPS) is 21.9. The summed E-state index contributed by atoms with van der Waals surface area (Å²) in [5.74, 6) is 1.29. The number of aromatic nitrogens is 3. The monoisotopic (exact) mass is 455 g/mol. The van der Waals surface area contributed by atoms with Gasteiger partial charge in [0, 0.05) is 18.9 Å². The number of nitrogens with zero attached hydrogens (tertiary/aromatic N) is 4. The van der Waals surface area contributed by atoms with Crippen LogP contribution in [0.4, 0.5) is 10.6 Å². The number of hydrogen-bond donors (Lipinski definition) is 1. The van der Waals surface area contributed by atoms with Gasteiger partial charge in [-0.2, -0.15) is 0 Å². The summed E-state index contributed by atoms with van der Waals surface area (Å²) in [6.07, 6.45) is 6.50. The second-order valence-corrected chi connectivity index (χ2v) is 9.14. The summed E-state index contributed by atoms with van der Waals surface area (Å²) in [6, 6.07) is -0.102. The number of imidazole rings is 1. The van der Waals surface area contributed by atoms with Gasteiger partial charge < -0.3 is 10.5 Å². The molecule has 1 saturated carbocycles. The second-order valence-electron chi connectivity index (χ2n) is 8.12. The molecule has 2 aromatic rings. The number of anilines is 1. The smallest absolute Gasteiger partial charge is 0.410 e. The lowest BCUT2D eigenvalue weighted by molar-refractivity contribution is 0.0211. The van der Waals surface area contributed by atoms with Crippen LogP contribution in [0.5, 0.6) is 0 Å². The van der Waals surface area contributed by atoms with E-state index in [2.05, 4.69) is 27.6 Å². The zero-order chi connectivity index (χ0) is 18.0. The maximum Gasteiger partial charge on any atom is 0.410 e. The summed E-state index contributed by atoms with van der Waals surface area (Å²) < 4.78 is 8.42. The van der Waals surface area contributed by atoms with E-state index in [-0.39, 0.29) is 17.6 Å². The molecule has 4 rings (SSSR count). The highest BCUT2D eigenvalue weighted by atomic mass is 127. The molecule has 2 fully saturated rings. The topological polar surface area (TPSA) is 85.8 Å². The quantitative estimate of drug-likeness (QED) is 0.667. The summed E-state index contributed by atoms with van der Waals surface area (Å²) in [6.45, 7) is 6.41. The molecule has 0 radical (unpaired) electrons. The fourth-order valence-electron chi connectivity index (χ4n) is 3.62. The summed E-state index contributed by atoms with van der Waals surface area (Å²) in [5.41, 5.74) is 6.55. The van der Waals surface area contributed by atoms with Gasteiger partial charge in [-0.3, -0.25) is 9.30 Å². The van der Waals surface area contributed by atoms with Crippen LogP contribution in [-0.4, -0.2) is 37.5 Å². The molecule has 1 saturated heterocycles. The Hall–Kier alpha value is -1.58. The average molecular weight is 455 g/mol. The van der Waals surface area contributed by atoms with Gasteiger partial charge in [-0.15, -0.1) is 0 Å². The highest BCUT2D eigenvalue weighted by Crippen LogP contribution is 2.58. The maximum absolute atomic E-state index is 12.8. The van der Waals surface area contributed by atoms with E-state index in [1.165, 1.54) is 0 Å². The number of ether oxygens (including phenoxy) is 1. The van der Waals surface area contributed by atoms with E-state index in [1.807, 2.05) is 36.3 Å². The first kappa shape index (κ1) is 16.9. The van der Waals surface area contributed by atoms with Crippen LogP contribution in [0.2, 0.25) is 0 Å². The number of nitrogen functional groups attached to an aromatic ring is 1. The van der Waals surface area contributed by atoms with Crippen LogP contribution in [0.1, 0.15) is 51.9 Å². The van der Waals surface area contributed by atoms with Gasteiger partial charge in [0.1, 0.15) is 20.6 Å². The number of fused-ring (bicyclic) bond motifs is 1. The number of carbonyl (C=O) groups is 1. The van der Waals surface area contributed by atoms with Crippen molar-refractivity contribution in [3.05, 3.63) is 21.9 Å². The Balaban J connectivity index is 1.75. The lowest BCUT2D eigenvalue weighted by Crippen LogP contribution is -2.37. The first-order valence-electron chi connectivity index (χ1n) is 8.47. The van der Waals surface area contributed by atoms with Crippen LogP contribution < -0.4 is 5.73 Å². The molecule has 134 valence electrons. The van der Waals surface area contributed by atoms with Crippen molar-refractivity contribution in [3.63, 3.8) is 0 Å². The Morgan fingerprint density at radius 2 is 2.16 bits per heavy atom. The van der Waals surface area contributed by atoms with E-state index in [0.717, 1.165) is 40.8 Å². The van der Waals surface area contributed by atoms with Gasteiger partial charge in [0.2, 0.25) is 0 Å². The molecule has 2 N–H and O–H groups in total. The van der Waals surface area contributed by atoms with Crippen LogP contribution in [0.15, 0.2) is 12.4 Å². The third-order valence-corrected chi connectivity index (χ3v) is 5.71. The fourth-order valence-corrected chi connectivity index (χ4v) is 4.40. The van der Waals surface area contributed by atoms with Crippen molar-refractivity contribution in [1.29, 1.82) is 0 Å². The van der Waals surface area contributed by atoms with Crippen molar-refractivity contribution in [2.45, 2.75) is 51.7 Å². The van der Waals surface area contributed by atoms with Gasteiger partial charge in [-0.25, -0.2) is 14.8 Å². The van der Waals surface area contributed by atoms with Crippen molar-refractivity contribution in [3.8, 4) is 0 Å². The van der Waals surface area contributed by atoms with E-state index in [9.17, 15) is 4.79 Å². The molecule has 1 aliphatic carbocycles. The Labute approximate surface area is 160 Å². The number of likely N-dealkylation sites (tertiary alicyclic amines) is 1. The molecule has 1 aliphatic heterocycles. The van der Waals surface area contributed by atoms with Gasteiger partial charge in [0.05, 0.1) is 6.04 Å². The van der Waals surface area contributed by atoms with Gasteiger partial charge in [-0.05, 0) is 68.0 Å². The average Bonchev–Trinajstić information content (AvgIpc) is 3.00.